The van der Waals surface area contributed by atoms with Crippen LogP contribution in [0, 0.1) is 5.53 Å². The number of pyridine rings is 1. The van der Waals surface area contributed by atoms with E-state index in [-0.39, 0.29) is 0 Å². The molecule has 0 aliphatic carbocycles. The standard InChI is InChI=1S/C6H8N4O/c1-11-10-5-3-2-4-8-6(5)9-7/h2-4,7,10H,1H3. The van der Waals surface area contributed by atoms with Crippen LogP contribution in [-0.2, 0) is 4.84 Å². The first-order chi connectivity index (χ1) is 5.38. The van der Waals surface area contributed by atoms with Gasteiger partial charge in [-0.2, -0.15) is 0 Å². The van der Waals surface area contributed by atoms with E-state index in [0.29, 0.717) is 11.5 Å². The third kappa shape index (κ3) is 1.71. The molecule has 11 heavy (non-hydrogen) atoms. The van der Waals surface area contributed by atoms with Crippen molar-refractivity contribution in [1.82, 2.24) is 4.98 Å². The van der Waals surface area contributed by atoms with Crippen molar-refractivity contribution in [3.8, 4) is 0 Å². The number of hydrogen-bond donors (Lipinski definition) is 2. The molecule has 5 heteroatoms. The number of anilines is 1. The van der Waals surface area contributed by atoms with Gasteiger partial charge in [0.2, 0.25) is 0 Å². The molecule has 0 fully saturated rings. The predicted octanol–water partition coefficient (Wildman–Crippen LogP) is 1.72. The van der Waals surface area contributed by atoms with Gasteiger partial charge in [-0.25, -0.2) is 10.5 Å². The topological polar surface area (TPSA) is 70.4 Å². The summed E-state index contributed by atoms with van der Waals surface area (Å²) < 4.78 is 0. The fraction of sp³-hybridized carbons (Fsp3) is 0.167. The smallest absolute Gasteiger partial charge is 0.199 e. The van der Waals surface area contributed by atoms with Gasteiger partial charge < -0.3 is 0 Å². The molecule has 0 amide bonds. The third-order valence-electron chi connectivity index (χ3n) is 1.10. The lowest BCUT2D eigenvalue weighted by atomic mass is 10.4. The van der Waals surface area contributed by atoms with Crippen LogP contribution < -0.4 is 5.48 Å². The molecule has 2 N–H and O–H groups in total. The second-order valence-corrected chi connectivity index (χ2v) is 1.79. The lowest BCUT2D eigenvalue weighted by Crippen LogP contribution is -1.95. The summed E-state index contributed by atoms with van der Waals surface area (Å²) >= 11 is 0. The summed E-state index contributed by atoms with van der Waals surface area (Å²) in [5, 5.41) is 3.19. The van der Waals surface area contributed by atoms with Gasteiger partial charge >= 0.3 is 0 Å². The Labute approximate surface area is 63.9 Å². The summed E-state index contributed by atoms with van der Waals surface area (Å²) in [6, 6.07) is 3.46. The van der Waals surface area contributed by atoms with Crippen molar-refractivity contribution in [2.24, 2.45) is 5.11 Å². The normalized spacial score (nSPS) is 9.18. The second kappa shape index (κ2) is 3.62. The molecule has 58 valence electrons. The first-order valence-corrected chi connectivity index (χ1v) is 3.00. The number of rotatable bonds is 3. The lowest BCUT2D eigenvalue weighted by molar-refractivity contribution is 0.271. The number of aromatic nitrogens is 1. The number of nitrogens with zero attached hydrogens (tertiary/aromatic N) is 2. The maximum Gasteiger partial charge on any atom is 0.199 e. The van der Waals surface area contributed by atoms with Crippen molar-refractivity contribution in [3.05, 3.63) is 18.3 Å². The van der Waals surface area contributed by atoms with E-state index in [0.717, 1.165) is 0 Å². The van der Waals surface area contributed by atoms with Crippen LogP contribution in [0.3, 0.4) is 0 Å². The Morgan fingerprint density at radius 1 is 1.73 bits per heavy atom. The minimum atomic E-state index is 0.314. The van der Waals surface area contributed by atoms with Gasteiger partial charge in [0, 0.05) is 6.20 Å². The van der Waals surface area contributed by atoms with E-state index in [2.05, 4.69) is 20.4 Å². The molecule has 0 aromatic carbocycles. The van der Waals surface area contributed by atoms with Gasteiger partial charge in [-0.1, -0.05) is 0 Å². The van der Waals surface area contributed by atoms with Crippen LogP contribution in [0.25, 0.3) is 0 Å². The molecule has 1 aromatic heterocycles. The van der Waals surface area contributed by atoms with Crippen LogP contribution >= 0.6 is 0 Å². The summed E-state index contributed by atoms with van der Waals surface area (Å²) in [6.07, 6.45) is 1.56. The Balaban J connectivity index is 2.92. The zero-order valence-corrected chi connectivity index (χ0v) is 6.03. The molecule has 1 heterocycles. The summed E-state index contributed by atoms with van der Waals surface area (Å²) in [5.41, 5.74) is 9.87. The van der Waals surface area contributed by atoms with Crippen LogP contribution in [0.15, 0.2) is 23.4 Å². The summed E-state index contributed by atoms with van der Waals surface area (Å²) in [5.74, 6) is 0.314. The largest absolute Gasteiger partial charge is 0.279 e. The highest BCUT2D eigenvalue weighted by Gasteiger charge is 1.98. The van der Waals surface area contributed by atoms with Gasteiger partial charge in [0.1, 0.15) is 5.69 Å². The van der Waals surface area contributed by atoms with E-state index in [9.17, 15) is 0 Å². The van der Waals surface area contributed by atoms with Gasteiger partial charge in [0.15, 0.2) is 5.82 Å². The first-order valence-electron chi connectivity index (χ1n) is 3.00. The molecular formula is C6H8N4O. The molecule has 5 nitrogen and oxygen atoms in total. The molecule has 0 aliphatic heterocycles. The molecule has 0 aliphatic rings. The lowest BCUT2D eigenvalue weighted by Gasteiger charge is -2.02. The van der Waals surface area contributed by atoms with Gasteiger partial charge in [-0.05, 0) is 12.1 Å². The molecule has 1 rings (SSSR count). The SMILES string of the molecule is CONc1cccnc1N=N. The molecule has 0 saturated heterocycles. The van der Waals surface area contributed by atoms with Crippen molar-refractivity contribution >= 4 is 11.5 Å². The van der Waals surface area contributed by atoms with Gasteiger partial charge in [-0.15, -0.1) is 5.11 Å². The molecule has 1 aromatic rings. The maximum atomic E-state index is 6.73. The van der Waals surface area contributed by atoms with E-state index in [1.54, 1.807) is 18.3 Å². The molecular weight excluding hydrogens is 144 g/mol. The van der Waals surface area contributed by atoms with Crippen molar-refractivity contribution in [3.63, 3.8) is 0 Å². The van der Waals surface area contributed by atoms with Crippen LogP contribution in [0.2, 0.25) is 0 Å². The second-order valence-electron chi connectivity index (χ2n) is 1.79. The molecule has 0 saturated carbocycles. The zero-order valence-electron chi connectivity index (χ0n) is 6.03. The fourth-order valence-electron chi connectivity index (χ4n) is 0.676. The Kier molecular flexibility index (Phi) is 2.51. The van der Waals surface area contributed by atoms with E-state index in [1.807, 2.05) is 0 Å². The summed E-state index contributed by atoms with van der Waals surface area (Å²) in [6.45, 7) is 0. The number of hydrogen-bond acceptors (Lipinski definition) is 5. The average molecular weight is 152 g/mol. The van der Waals surface area contributed by atoms with Crippen molar-refractivity contribution in [1.29, 1.82) is 5.53 Å². The third-order valence-corrected chi connectivity index (χ3v) is 1.10. The fourth-order valence-corrected chi connectivity index (χ4v) is 0.676. The minimum absolute atomic E-state index is 0.314. The van der Waals surface area contributed by atoms with Crippen LogP contribution in [0.1, 0.15) is 0 Å². The molecule has 0 bridgehead atoms. The highest BCUT2D eigenvalue weighted by molar-refractivity contribution is 5.58. The summed E-state index contributed by atoms with van der Waals surface area (Å²) in [7, 11) is 1.49. The van der Waals surface area contributed by atoms with Gasteiger partial charge in [0.05, 0.1) is 7.11 Å². The van der Waals surface area contributed by atoms with E-state index < -0.39 is 0 Å². The minimum Gasteiger partial charge on any atom is -0.279 e. The van der Waals surface area contributed by atoms with Crippen LogP contribution in [0.5, 0.6) is 0 Å². The monoisotopic (exact) mass is 152 g/mol. The Morgan fingerprint density at radius 2 is 2.55 bits per heavy atom. The molecule has 0 spiro atoms. The van der Waals surface area contributed by atoms with Crippen LogP contribution in [0.4, 0.5) is 11.5 Å². The Bertz CT molecular complexity index is 250. The van der Waals surface area contributed by atoms with Crippen molar-refractivity contribution in [2.45, 2.75) is 0 Å². The zero-order chi connectivity index (χ0) is 8.10. The Morgan fingerprint density at radius 3 is 3.18 bits per heavy atom. The first kappa shape index (κ1) is 7.62. The van der Waals surface area contributed by atoms with E-state index in [4.69, 9.17) is 5.53 Å². The highest BCUT2D eigenvalue weighted by atomic mass is 16.6. The molecule has 0 radical (unpaired) electrons. The van der Waals surface area contributed by atoms with E-state index >= 15 is 0 Å². The highest BCUT2D eigenvalue weighted by Crippen LogP contribution is 2.19. The predicted molar refractivity (Wildman–Crippen MR) is 39.7 cm³/mol. The molecule has 0 unspecified atom stereocenters. The van der Waals surface area contributed by atoms with Crippen molar-refractivity contribution in [2.75, 3.05) is 12.6 Å². The Hall–Kier alpha value is -1.49. The number of nitrogens with one attached hydrogen (secondary N) is 2. The quantitative estimate of drug-likeness (QED) is 0.511. The maximum absolute atomic E-state index is 6.73. The van der Waals surface area contributed by atoms with Gasteiger partial charge in [-0.3, -0.25) is 10.3 Å². The average Bonchev–Trinajstić information content (AvgIpc) is 2.06. The van der Waals surface area contributed by atoms with Crippen molar-refractivity contribution < 1.29 is 4.84 Å². The van der Waals surface area contributed by atoms with Gasteiger partial charge in [0.25, 0.3) is 0 Å². The molecule has 0 atom stereocenters. The van der Waals surface area contributed by atoms with Crippen LogP contribution in [-0.4, -0.2) is 12.1 Å². The van der Waals surface area contributed by atoms with E-state index in [1.165, 1.54) is 7.11 Å². The summed E-state index contributed by atoms with van der Waals surface area (Å²) in [4.78, 5) is 8.46.